The molecule has 39 heavy (non-hydrogen) atoms. The summed E-state index contributed by atoms with van der Waals surface area (Å²) < 4.78 is 20.8. The van der Waals surface area contributed by atoms with E-state index in [0.717, 1.165) is 38.5 Å². The van der Waals surface area contributed by atoms with Gasteiger partial charge in [0.2, 0.25) is 0 Å². The number of amides is 1. The van der Waals surface area contributed by atoms with Crippen LogP contribution in [0.25, 0.3) is 0 Å². The van der Waals surface area contributed by atoms with Crippen LogP contribution in [0, 0.1) is 17.8 Å². The smallest absolute Gasteiger partial charge is 0.271 e. The van der Waals surface area contributed by atoms with Gasteiger partial charge in [-0.05, 0) is 50.9 Å². The number of carbonyl (C=O) groups excluding carboxylic acids is 1. The molecule has 3 aliphatic rings. The molecule has 2 aliphatic carbocycles. The molecule has 3 unspecified atom stereocenters. The highest BCUT2D eigenvalue weighted by atomic mass is 16.7. The van der Waals surface area contributed by atoms with Gasteiger partial charge in [-0.15, -0.1) is 0 Å². The lowest BCUT2D eigenvalue weighted by atomic mass is 9.80. The molecular weight excluding hydrogens is 498 g/mol. The van der Waals surface area contributed by atoms with E-state index >= 15 is 0 Å². The average Bonchev–Trinajstić information content (AvgIpc) is 3.63. The monoisotopic (exact) mass is 541 g/mol. The van der Waals surface area contributed by atoms with E-state index in [2.05, 4.69) is 29.4 Å². The molecule has 0 spiro atoms. The van der Waals surface area contributed by atoms with Crippen LogP contribution < -0.4 is 15.6 Å². The Morgan fingerprint density at radius 3 is 2.59 bits per heavy atom. The van der Waals surface area contributed by atoms with E-state index in [0.29, 0.717) is 48.9 Å². The normalized spacial score (nSPS) is 27.9. The molecule has 1 amide bonds. The van der Waals surface area contributed by atoms with Gasteiger partial charge in [0.1, 0.15) is 24.0 Å². The van der Waals surface area contributed by atoms with Crippen molar-refractivity contribution in [1.82, 2.24) is 19.6 Å². The van der Waals surface area contributed by atoms with Crippen LogP contribution in [0.3, 0.4) is 0 Å². The molecule has 0 bridgehead atoms. The number of anilines is 1. The van der Waals surface area contributed by atoms with Crippen molar-refractivity contribution >= 4 is 11.7 Å². The Kier molecular flexibility index (Phi) is 8.42. The van der Waals surface area contributed by atoms with Crippen molar-refractivity contribution in [1.29, 1.82) is 0 Å². The van der Waals surface area contributed by atoms with Gasteiger partial charge in [-0.2, -0.15) is 10.2 Å². The van der Waals surface area contributed by atoms with Crippen LogP contribution in [0.2, 0.25) is 0 Å². The number of nitrogens with one attached hydrogen (secondary N) is 1. The zero-order chi connectivity index (χ0) is 27.6. The summed E-state index contributed by atoms with van der Waals surface area (Å²) in [6.45, 7) is 9.19. The number of carbonyl (C=O) groups is 1. The van der Waals surface area contributed by atoms with Crippen LogP contribution in [-0.4, -0.2) is 50.1 Å². The largest absolute Gasteiger partial charge is 0.488 e. The molecule has 4 atom stereocenters. The van der Waals surface area contributed by atoms with E-state index in [1.807, 2.05) is 13.8 Å². The summed E-state index contributed by atoms with van der Waals surface area (Å²) in [5.41, 5.74) is -0.326. The molecule has 214 valence electrons. The van der Waals surface area contributed by atoms with Crippen molar-refractivity contribution < 1.29 is 19.0 Å². The summed E-state index contributed by atoms with van der Waals surface area (Å²) in [6.07, 6.45) is 11.8. The number of aromatic nitrogens is 4. The predicted octanol–water partition coefficient (Wildman–Crippen LogP) is 4.55. The Bertz CT molecular complexity index is 1180. The third-order valence-corrected chi connectivity index (χ3v) is 8.49. The maximum absolute atomic E-state index is 13.5. The first kappa shape index (κ1) is 27.8. The summed E-state index contributed by atoms with van der Waals surface area (Å²) in [5, 5.41) is 11.9. The maximum atomic E-state index is 13.5. The van der Waals surface area contributed by atoms with Crippen molar-refractivity contribution in [2.45, 2.75) is 110 Å². The number of hydrogen-bond acceptors (Lipinski definition) is 7. The number of nitrogens with zero attached hydrogens (tertiary/aromatic N) is 4. The first-order chi connectivity index (χ1) is 18.7. The first-order valence-electron chi connectivity index (χ1n) is 14.6. The van der Waals surface area contributed by atoms with Gasteiger partial charge in [0.05, 0.1) is 19.3 Å². The van der Waals surface area contributed by atoms with Crippen molar-refractivity contribution in [3.05, 3.63) is 34.9 Å². The van der Waals surface area contributed by atoms with Gasteiger partial charge in [-0.25, -0.2) is 4.68 Å². The van der Waals surface area contributed by atoms with Gasteiger partial charge in [0, 0.05) is 18.3 Å². The van der Waals surface area contributed by atoms with Gasteiger partial charge in [0.15, 0.2) is 11.6 Å². The molecule has 10 heteroatoms. The van der Waals surface area contributed by atoms with Gasteiger partial charge in [-0.1, -0.05) is 46.0 Å². The Balaban J connectivity index is 1.29. The molecule has 1 aliphatic heterocycles. The molecule has 2 saturated carbocycles. The highest BCUT2D eigenvalue weighted by molar-refractivity contribution is 5.92. The lowest BCUT2D eigenvalue weighted by Gasteiger charge is -2.34. The number of ether oxygens (including phenoxy) is 3. The summed E-state index contributed by atoms with van der Waals surface area (Å²) in [4.78, 5) is 26.8. The lowest BCUT2D eigenvalue weighted by Crippen LogP contribution is -2.37. The zero-order valence-electron chi connectivity index (χ0n) is 23.7. The Morgan fingerprint density at radius 1 is 1.18 bits per heavy atom. The summed E-state index contributed by atoms with van der Waals surface area (Å²) in [6, 6.07) is 2.51. The molecule has 1 N–H and O–H groups in total. The Hall–Kier alpha value is -2.72. The van der Waals surface area contributed by atoms with E-state index < -0.39 is 11.8 Å². The van der Waals surface area contributed by atoms with Gasteiger partial charge in [-0.3, -0.25) is 14.3 Å². The fourth-order valence-corrected chi connectivity index (χ4v) is 6.42. The third-order valence-electron chi connectivity index (χ3n) is 8.49. The molecule has 3 fully saturated rings. The van der Waals surface area contributed by atoms with Gasteiger partial charge >= 0.3 is 0 Å². The SMILES string of the molecule is CC1CCCC(C)C1Oc1cnn(C(CC2CCCC2)C(=O)Nc2ccn(C[C@@H]3COC(C)(C)O3)n2)c(=O)c1. The minimum Gasteiger partial charge on any atom is -0.488 e. The summed E-state index contributed by atoms with van der Waals surface area (Å²) in [5.74, 6) is 1.26. The van der Waals surface area contributed by atoms with Crippen LogP contribution in [0.15, 0.2) is 29.3 Å². The Morgan fingerprint density at radius 2 is 1.92 bits per heavy atom. The van der Waals surface area contributed by atoms with Crippen LogP contribution in [0.1, 0.15) is 85.1 Å². The minimum atomic E-state index is -0.723. The van der Waals surface area contributed by atoms with Gasteiger partial charge < -0.3 is 19.5 Å². The fourth-order valence-electron chi connectivity index (χ4n) is 6.42. The van der Waals surface area contributed by atoms with E-state index in [-0.39, 0.29) is 23.7 Å². The van der Waals surface area contributed by atoms with Crippen molar-refractivity contribution in [2.24, 2.45) is 17.8 Å². The molecule has 5 rings (SSSR count). The topological polar surface area (TPSA) is 110 Å². The van der Waals surface area contributed by atoms with Crippen molar-refractivity contribution in [3.8, 4) is 5.75 Å². The fraction of sp³-hybridized carbons (Fsp3) is 0.724. The molecule has 1 saturated heterocycles. The maximum Gasteiger partial charge on any atom is 0.271 e. The van der Waals surface area contributed by atoms with Crippen LogP contribution in [-0.2, 0) is 20.8 Å². The van der Waals surface area contributed by atoms with Crippen molar-refractivity contribution in [2.75, 3.05) is 11.9 Å². The molecule has 2 aromatic rings. The Labute approximate surface area is 230 Å². The average molecular weight is 542 g/mol. The zero-order valence-corrected chi connectivity index (χ0v) is 23.7. The minimum absolute atomic E-state index is 0.0655. The van der Waals surface area contributed by atoms with E-state index in [1.165, 1.54) is 17.2 Å². The van der Waals surface area contributed by atoms with E-state index in [1.54, 1.807) is 23.1 Å². The summed E-state index contributed by atoms with van der Waals surface area (Å²) >= 11 is 0. The molecule has 0 radical (unpaired) electrons. The second-order valence-electron chi connectivity index (χ2n) is 12.2. The van der Waals surface area contributed by atoms with Crippen LogP contribution in [0.5, 0.6) is 5.75 Å². The van der Waals surface area contributed by atoms with Crippen LogP contribution >= 0.6 is 0 Å². The molecule has 3 heterocycles. The number of hydrogen-bond donors (Lipinski definition) is 1. The second-order valence-corrected chi connectivity index (χ2v) is 12.2. The van der Waals surface area contributed by atoms with Crippen LogP contribution in [0.4, 0.5) is 5.82 Å². The van der Waals surface area contributed by atoms with E-state index in [4.69, 9.17) is 14.2 Å². The molecule has 2 aromatic heterocycles. The van der Waals surface area contributed by atoms with Gasteiger partial charge in [0.25, 0.3) is 11.5 Å². The highest BCUT2D eigenvalue weighted by Gasteiger charge is 2.34. The molecular formula is C29H43N5O5. The highest BCUT2D eigenvalue weighted by Crippen LogP contribution is 2.33. The molecule has 0 aromatic carbocycles. The van der Waals surface area contributed by atoms with E-state index in [9.17, 15) is 9.59 Å². The first-order valence-corrected chi connectivity index (χ1v) is 14.6. The second kappa shape index (κ2) is 11.8. The summed E-state index contributed by atoms with van der Waals surface area (Å²) in [7, 11) is 0. The quantitative estimate of drug-likeness (QED) is 0.496. The lowest BCUT2D eigenvalue weighted by molar-refractivity contribution is -0.139. The predicted molar refractivity (Wildman–Crippen MR) is 146 cm³/mol. The molecule has 10 nitrogen and oxygen atoms in total. The van der Waals surface area contributed by atoms with Crippen molar-refractivity contribution in [3.63, 3.8) is 0 Å². The third kappa shape index (κ3) is 6.90. The standard InChI is InChI=1S/C29H43N5O5/c1-19-8-7-9-20(2)27(19)38-22-15-26(35)34(30-16-22)24(14-21-10-5-6-11-21)28(36)31-25-12-13-33(32-25)17-23-18-37-29(3,4)39-23/h12-13,15-16,19-21,23-24,27H,5-11,14,17-18H2,1-4H3,(H,31,32,36)/t19?,20?,23-,24?,27?/m1/s1. The number of rotatable bonds is 9.